The first kappa shape index (κ1) is 15.2. The zero-order chi connectivity index (χ0) is 12.9. The summed E-state index contributed by atoms with van der Waals surface area (Å²) >= 11 is 0. The van der Waals surface area contributed by atoms with Gasteiger partial charge in [-0.2, -0.15) is 13.2 Å². The SMILES string of the molecule is CCC(C)N(CC)CC(C(=N)N)C(F)(F)F. The first-order valence-electron chi connectivity index (χ1n) is 5.38. The van der Waals surface area contributed by atoms with Crippen LogP contribution >= 0.6 is 0 Å². The average molecular weight is 239 g/mol. The molecule has 0 bridgehead atoms. The van der Waals surface area contributed by atoms with Crippen molar-refractivity contribution in [1.82, 2.24) is 4.90 Å². The van der Waals surface area contributed by atoms with Crippen molar-refractivity contribution in [3.8, 4) is 0 Å². The fourth-order valence-electron chi connectivity index (χ4n) is 1.49. The fraction of sp³-hybridized carbons (Fsp3) is 0.900. The molecule has 96 valence electrons. The summed E-state index contributed by atoms with van der Waals surface area (Å²) in [5, 5.41) is 7.00. The molecule has 0 saturated heterocycles. The number of hydrogen-bond acceptors (Lipinski definition) is 2. The second-order valence-electron chi connectivity index (χ2n) is 3.89. The Kier molecular flexibility index (Phi) is 5.78. The maximum Gasteiger partial charge on any atom is 0.399 e. The number of alkyl halides is 3. The second-order valence-corrected chi connectivity index (χ2v) is 3.89. The predicted molar refractivity (Wildman–Crippen MR) is 58.5 cm³/mol. The monoisotopic (exact) mass is 239 g/mol. The van der Waals surface area contributed by atoms with E-state index in [1.54, 1.807) is 11.8 Å². The van der Waals surface area contributed by atoms with Crippen LogP contribution < -0.4 is 5.73 Å². The van der Waals surface area contributed by atoms with Crippen LogP contribution in [0.5, 0.6) is 0 Å². The Labute approximate surface area is 94.3 Å². The topological polar surface area (TPSA) is 53.1 Å². The highest BCUT2D eigenvalue weighted by Gasteiger charge is 2.42. The molecule has 3 N–H and O–H groups in total. The zero-order valence-electron chi connectivity index (χ0n) is 9.93. The van der Waals surface area contributed by atoms with E-state index in [0.717, 1.165) is 6.42 Å². The average Bonchev–Trinajstić information content (AvgIpc) is 2.15. The van der Waals surface area contributed by atoms with Crippen molar-refractivity contribution in [2.24, 2.45) is 11.7 Å². The van der Waals surface area contributed by atoms with Crippen molar-refractivity contribution < 1.29 is 13.2 Å². The van der Waals surface area contributed by atoms with Crippen LogP contribution in [0.15, 0.2) is 0 Å². The third-order valence-corrected chi connectivity index (χ3v) is 2.81. The summed E-state index contributed by atoms with van der Waals surface area (Å²) in [7, 11) is 0. The van der Waals surface area contributed by atoms with Crippen LogP contribution in [-0.2, 0) is 0 Å². The standard InChI is InChI=1S/C10H20F3N3/c1-4-7(3)16(5-2)6-8(9(14)15)10(11,12)13/h7-8H,4-6H2,1-3H3,(H3,14,15). The molecule has 3 nitrogen and oxygen atoms in total. The summed E-state index contributed by atoms with van der Waals surface area (Å²) in [5.74, 6) is -2.67. The van der Waals surface area contributed by atoms with Gasteiger partial charge in [-0.1, -0.05) is 13.8 Å². The van der Waals surface area contributed by atoms with Crippen LogP contribution in [0.1, 0.15) is 27.2 Å². The van der Waals surface area contributed by atoms with Gasteiger partial charge >= 0.3 is 6.18 Å². The Bertz CT molecular complexity index is 228. The molecule has 0 aliphatic carbocycles. The van der Waals surface area contributed by atoms with E-state index in [1.165, 1.54) is 0 Å². The summed E-state index contributed by atoms with van der Waals surface area (Å²) in [6.07, 6.45) is -3.66. The van der Waals surface area contributed by atoms with Gasteiger partial charge in [0.25, 0.3) is 0 Å². The summed E-state index contributed by atoms with van der Waals surface area (Å²) in [6.45, 7) is 5.89. The Balaban J connectivity index is 4.67. The third kappa shape index (κ3) is 4.38. The maximum atomic E-state index is 12.6. The molecule has 0 radical (unpaired) electrons. The van der Waals surface area contributed by atoms with E-state index in [1.807, 2.05) is 13.8 Å². The van der Waals surface area contributed by atoms with E-state index in [9.17, 15) is 13.2 Å². The summed E-state index contributed by atoms with van der Waals surface area (Å²) < 4.78 is 37.8. The molecule has 2 atom stereocenters. The van der Waals surface area contributed by atoms with Crippen molar-refractivity contribution in [3.05, 3.63) is 0 Å². The lowest BCUT2D eigenvalue weighted by atomic mass is 10.1. The Morgan fingerprint density at radius 1 is 1.38 bits per heavy atom. The van der Waals surface area contributed by atoms with Gasteiger partial charge < -0.3 is 5.73 Å². The Hall–Kier alpha value is -0.780. The molecule has 16 heavy (non-hydrogen) atoms. The summed E-state index contributed by atoms with van der Waals surface area (Å²) in [5.41, 5.74) is 5.00. The highest BCUT2D eigenvalue weighted by molar-refractivity contribution is 5.80. The molecule has 2 unspecified atom stereocenters. The molecule has 0 fully saturated rings. The maximum absolute atomic E-state index is 12.6. The second kappa shape index (κ2) is 6.08. The van der Waals surface area contributed by atoms with Gasteiger partial charge in [0.15, 0.2) is 0 Å². The highest BCUT2D eigenvalue weighted by atomic mass is 19.4. The molecule has 0 heterocycles. The molecule has 6 heteroatoms. The number of halogens is 3. The minimum Gasteiger partial charge on any atom is -0.387 e. The summed E-state index contributed by atoms with van der Waals surface area (Å²) in [6, 6.07) is 0.0641. The van der Waals surface area contributed by atoms with E-state index >= 15 is 0 Å². The minimum absolute atomic E-state index is 0.0641. The molecule has 0 aromatic heterocycles. The molecule has 0 aromatic carbocycles. The lowest BCUT2D eigenvalue weighted by Gasteiger charge is -2.31. The fourth-order valence-corrected chi connectivity index (χ4v) is 1.49. The van der Waals surface area contributed by atoms with Gasteiger partial charge in [0.05, 0.1) is 0 Å². The smallest absolute Gasteiger partial charge is 0.387 e. The number of nitrogens with two attached hydrogens (primary N) is 1. The molecule has 0 amide bonds. The van der Waals surface area contributed by atoms with E-state index in [0.29, 0.717) is 6.54 Å². The molecule has 0 aliphatic rings. The van der Waals surface area contributed by atoms with Crippen molar-refractivity contribution >= 4 is 5.84 Å². The summed E-state index contributed by atoms with van der Waals surface area (Å²) in [4.78, 5) is 1.69. The lowest BCUT2D eigenvalue weighted by Crippen LogP contribution is -2.46. The van der Waals surface area contributed by atoms with E-state index in [4.69, 9.17) is 11.1 Å². The van der Waals surface area contributed by atoms with Gasteiger partial charge in [-0.05, 0) is 19.9 Å². The lowest BCUT2D eigenvalue weighted by molar-refractivity contribution is -0.161. The number of rotatable bonds is 6. The van der Waals surface area contributed by atoms with Gasteiger partial charge in [-0.25, -0.2) is 0 Å². The quantitative estimate of drug-likeness (QED) is 0.551. The Morgan fingerprint density at radius 3 is 2.12 bits per heavy atom. The van der Waals surface area contributed by atoms with Crippen LogP contribution in [0.3, 0.4) is 0 Å². The van der Waals surface area contributed by atoms with Gasteiger partial charge in [0.2, 0.25) is 0 Å². The molecular formula is C10H20F3N3. The normalized spacial score (nSPS) is 16.2. The molecule has 0 saturated carbocycles. The number of hydrogen-bond donors (Lipinski definition) is 2. The van der Waals surface area contributed by atoms with Gasteiger partial charge in [-0.3, -0.25) is 10.3 Å². The first-order valence-corrected chi connectivity index (χ1v) is 5.38. The molecule has 0 spiro atoms. The van der Waals surface area contributed by atoms with Crippen LogP contribution in [0.25, 0.3) is 0 Å². The zero-order valence-corrected chi connectivity index (χ0v) is 9.93. The predicted octanol–water partition coefficient (Wildman–Crippen LogP) is 2.22. The molecule has 0 aromatic rings. The van der Waals surface area contributed by atoms with Gasteiger partial charge in [0.1, 0.15) is 11.8 Å². The van der Waals surface area contributed by atoms with Gasteiger partial charge in [0, 0.05) is 12.6 Å². The van der Waals surface area contributed by atoms with E-state index in [2.05, 4.69) is 0 Å². The number of nitrogens with one attached hydrogen (secondary N) is 1. The van der Waals surface area contributed by atoms with Gasteiger partial charge in [-0.15, -0.1) is 0 Å². The van der Waals surface area contributed by atoms with Crippen LogP contribution in [0.4, 0.5) is 13.2 Å². The van der Waals surface area contributed by atoms with Crippen molar-refractivity contribution in [2.75, 3.05) is 13.1 Å². The van der Waals surface area contributed by atoms with E-state index in [-0.39, 0.29) is 12.6 Å². The minimum atomic E-state index is -4.44. The third-order valence-electron chi connectivity index (χ3n) is 2.81. The van der Waals surface area contributed by atoms with Crippen molar-refractivity contribution in [1.29, 1.82) is 5.41 Å². The molecule has 0 aliphatic heterocycles. The Morgan fingerprint density at radius 2 is 1.88 bits per heavy atom. The van der Waals surface area contributed by atoms with Crippen molar-refractivity contribution in [2.45, 2.75) is 39.4 Å². The molecule has 0 rings (SSSR count). The molecular weight excluding hydrogens is 219 g/mol. The largest absolute Gasteiger partial charge is 0.399 e. The van der Waals surface area contributed by atoms with E-state index < -0.39 is 17.9 Å². The highest BCUT2D eigenvalue weighted by Crippen LogP contribution is 2.27. The van der Waals surface area contributed by atoms with Crippen LogP contribution in [-0.4, -0.2) is 36.0 Å². The van der Waals surface area contributed by atoms with Crippen LogP contribution in [0, 0.1) is 11.3 Å². The first-order chi connectivity index (χ1) is 7.23. The number of nitrogens with zero attached hydrogens (tertiary/aromatic N) is 1. The number of amidine groups is 1. The van der Waals surface area contributed by atoms with Crippen molar-refractivity contribution in [3.63, 3.8) is 0 Å². The van der Waals surface area contributed by atoms with Crippen LogP contribution in [0.2, 0.25) is 0 Å².